The first-order chi connectivity index (χ1) is 8.52. The molecule has 1 fully saturated rings. The first-order valence-corrected chi connectivity index (χ1v) is 7.40. The fraction of sp³-hybridized carbons (Fsp3) is 0.417. The topological polar surface area (TPSA) is 83.8 Å². The van der Waals surface area contributed by atoms with Crippen molar-refractivity contribution in [3.05, 3.63) is 29.8 Å². The summed E-state index contributed by atoms with van der Waals surface area (Å²) in [5.41, 5.74) is 0.721. The van der Waals surface area contributed by atoms with Gasteiger partial charge >= 0.3 is 0 Å². The van der Waals surface area contributed by atoms with Gasteiger partial charge in [-0.2, -0.15) is 4.99 Å². The van der Waals surface area contributed by atoms with Crippen LogP contribution in [0.25, 0.3) is 0 Å². The average Bonchev–Trinajstić information content (AvgIpc) is 2.68. The predicted molar refractivity (Wildman–Crippen MR) is 65.7 cm³/mol. The number of hydrogen-bond acceptors (Lipinski definition) is 5. The third kappa shape index (κ3) is 2.78. The van der Waals surface area contributed by atoms with Crippen molar-refractivity contribution < 1.29 is 18.3 Å². The Hall–Kier alpha value is -1.65. The zero-order chi connectivity index (χ0) is 13.2. The highest BCUT2D eigenvalue weighted by Gasteiger charge is 2.34. The maximum absolute atomic E-state index is 11.5. The molecule has 0 saturated carbocycles. The van der Waals surface area contributed by atoms with E-state index >= 15 is 0 Å². The fourth-order valence-electron chi connectivity index (χ4n) is 2.25. The van der Waals surface area contributed by atoms with Gasteiger partial charge in [-0.25, -0.2) is 13.2 Å². The first-order valence-electron chi connectivity index (χ1n) is 5.58. The summed E-state index contributed by atoms with van der Waals surface area (Å²) in [5.74, 6) is 0.109. The van der Waals surface area contributed by atoms with Crippen molar-refractivity contribution >= 4 is 15.9 Å². The molecule has 1 aliphatic heterocycles. The summed E-state index contributed by atoms with van der Waals surface area (Å²) in [6.45, 7) is 0. The molecule has 1 N–H and O–H groups in total. The monoisotopic (exact) mass is 267 g/mol. The summed E-state index contributed by atoms with van der Waals surface area (Å²) in [5, 5.41) is 9.21. The standard InChI is InChI=1S/C12H13NO4S/c14-8-13-12(9-1-3-11(15)4-2-9)10-5-6-18(16,17)7-10/h1-4,10,12,15H,5-7H2. The Kier molecular flexibility index (Phi) is 3.50. The van der Waals surface area contributed by atoms with E-state index in [-0.39, 0.29) is 23.2 Å². The summed E-state index contributed by atoms with van der Waals surface area (Å²) < 4.78 is 22.9. The van der Waals surface area contributed by atoms with E-state index in [0.717, 1.165) is 5.56 Å². The van der Waals surface area contributed by atoms with Crippen molar-refractivity contribution in [2.75, 3.05) is 11.5 Å². The number of sulfone groups is 1. The molecule has 1 aromatic rings. The third-order valence-corrected chi connectivity index (χ3v) is 4.93. The fourth-order valence-corrected chi connectivity index (χ4v) is 4.08. The molecule has 2 atom stereocenters. The maximum atomic E-state index is 11.5. The van der Waals surface area contributed by atoms with Gasteiger partial charge in [0.15, 0.2) is 9.84 Å². The Balaban J connectivity index is 2.29. The molecule has 18 heavy (non-hydrogen) atoms. The lowest BCUT2D eigenvalue weighted by molar-refractivity contribution is 0.466. The van der Waals surface area contributed by atoms with Crippen LogP contribution in [0.1, 0.15) is 18.0 Å². The van der Waals surface area contributed by atoms with E-state index in [1.54, 1.807) is 12.1 Å². The highest BCUT2D eigenvalue weighted by Crippen LogP contribution is 2.34. The minimum Gasteiger partial charge on any atom is -0.508 e. The van der Waals surface area contributed by atoms with E-state index in [9.17, 15) is 18.3 Å². The van der Waals surface area contributed by atoms with Crippen molar-refractivity contribution in [3.63, 3.8) is 0 Å². The van der Waals surface area contributed by atoms with Crippen LogP contribution in [0.2, 0.25) is 0 Å². The van der Waals surface area contributed by atoms with E-state index in [1.165, 1.54) is 18.2 Å². The number of phenolic OH excluding ortho intramolecular Hbond substituents is 1. The number of rotatable bonds is 3. The summed E-state index contributed by atoms with van der Waals surface area (Å²) in [7, 11) is -3.01. The van der Waals surface area contributed by atoms with Crippen LogP contribution in [0.4, 0.5) is 0 Å². The zero-order valence-corrected chi connectivity index (χ0v) is 10.4. The van der Waals surface area contributed by atoms with Gasteiger partial charge in [-0.1, -0.05) is 12.1 Å². The molecule has 1 saturated heterocycles. The Morgan fingerprint density at radius 2 is 2.00 bits per heavy atom. The van der Waals surface area contributed by atoms with Gasteiger partial charge in [-0.15, -0.1) is 0 Å². The van der Waals surface area contributed by atoms with Crippen molar-refractivity contribution in [1.29, 1.82) is 0 Å². The van der Waals surface area contributed by atoms with E-state index < -0.39 is 15.9 Å². The maximum Gasteiger partial charge on any atom is 0.235 e. The van der Waals surface area contributed by atoms with Gasteiger partial charge in [0.05, 0.1) is 17.5 Å². The van der Waals surface area contributed by atoms with Crippen LogP contribution in [-0.4, -0.2) is 31.1 Å². The number of nitrogens with zero attached hydrogens (tertiary/aromatic N) is 1. The van der Waals surface area contributed by atoms with Gasteiger partial charge in [-0.3, -0.25) is 0 Å². The number of aliphatic imine (C=N–C) groups is 1. The van der Waals surface area contributed by atoms with Crippen LogP contribution in [0.3, 0.4) is 0 Å². The largest absolute Gasteiger partial charge is 0.508 e. The van der Waals surface area contributed by atoms with Crippen LogP contribution < -0.4 is 0 Å². The highest BCUT2D eigenvalue weighted by atomic mass is 32.2. The molecule has 96 valence electrons. The van der Waals surface area contributed by atoms with E-state index in [0.29, 0.717) is 6.42 Å². The number of isocyanates is 1. The Bertz CT molecular complexity index is 573. The molecule has 0 radical (unpaired) electrons. The summed E-state index contributed by atoms with van der Waals surface area (Å²) in [4.78, 5) is 14.2. The molecular formula is C12H13NO4S. The van der Waals surface area contributed by atoms with E-state index in [1.807, 2.05) is 0 Å². The SMILES string of the molecule is O=C=NC(c1ccc(O)cc1)C1CCS(=O)(=O)C1. The summed E-state index contributed by atoms with van der Waals surface area (Å²) in [6.07, 6.45) is 2.00. The van der Waals surface area contributed by atoms with E-state index in [2.05, 4.69) is 4.99 Å². The minimum absolute atomic E-state index is 0.0454. The molecule has 5 nitrogen and oxygen atoms in total. The van der Waals surface area contributed by atoms with Crippen LogP contribution in [0.15, 0.2) is 29.3 Å². The van der Waals surface area contributed by atoms with Gasteiger partial charge in [0, 0.05) is 5.92 Å². The Morgan fingerprint density at radius 3 is 2.50 bits per heavy atom. The first kappa shape index (κ1) is 12.8. The molecular weight excluding hydrogens is 254 g/mol. The lowest BCUT2D eigenvalue weighted by Crippen LogP contribution is -2.13. The zero-order valence-electron chi connectivity index (χ0n) is 9.61. The van der Waals surface area contributed by atoms with E-state index in [4.69, 9.17) is 0 Å². The molecule has 0 aromatic heterocycles. The minimum atomic E-state index is -3.01. The molecule has 0 bridgehead atoms. The molecule has 2 rings (SSSR count). The van der Waals surface area contributed by atoms with Gasteiger partial charge < -0.3 is 5.11 Å². The lowest BCUT2D eigenvalue weighted by Gasteiger charge is -2.17. The molecule has 2 unspecified atom stereocenters. The number of hydrogen-bond donors (Lipinski definition) is 1. The molecule has 0 aliphatic carbocycles. The Morgan fingerprint density at radius 1 is 1.33 bits per heavy atom. The van der Waals surface area contributed by atoms with Gasteiger partial charge in [0.2, 0.25) is 6.08 Å². The number of aromatic hydroxyl groups is 1. The van der Waals surface area contributed by atoms with Gasteiger partial charge in [-0.05, 0) is 24.1 Å². The molecule has 1 aliphatic rings. The molecule has 1 aromatic carbocycles. The van der Waals surface area contributed by atoms with Crippen LogP contribution in [0.5, 0.6) is 5.75 Å². The van der Waals surface area contributed by atoms with Crippen LogP contribution >= 0.6 is 0 Å². The smallest absolute Gasteiger partial charge is 0.235 e. The van der Waals surface area contributed by atoms with Gasteiger partial charge in [0.1, 0.15) is 5.75 Å². The quantitative estimate of drug-likeness (QED) is 0.659. The van der Waals surface area contributed by atoms with Crippen molar-refractivity contribution in [2.24, 2.45) is 10.9 Å². The Labute approximate surface area is 105 Å². The normalized spacial score (nSPS) is 23.2. The second-order valence-electron chi connectivity index (χ2n) is 4.42. The third-order valence-electron chi connectivity index (χ3n) is 3.14. The van der Waals surface area contributed by atoms with Crippen molar-refractivity contribution in [2.45, 2.75) is 12.5 Å². The number of benzene rings is 1. The molecule has 0 amide bonds. The molecule has 0 spiro atoms. The number of carbonyl (C=O) groups excluding carboxylic acids is 1. The van der Waals surface area contributed by atoms with Crippen LogP contribution in [-0.2, 0) is 14.6 Å². The predicted octanol–water partition coefficient (Wildman–Crippen LogP) is 1.20. The molecule has 6 heteroatoms. The van der Waals surface area contributed by atoms with Crippen molar-refractivity contribution in [3.8, 4) is 5.75 Å². The van der Waals surface area contributed by atoms with Gasteiger partial charge in [0.25, 0.3) is 0 Å². The van der Waals surface area contributed by atoms with Crippen LogP contribution in [0, 0.1) is 5.92 Å². The molecule has 1 heterocycles. The summed E-state index contributed by atoms with van der Waals surface area (Å²) >= 11 is 0. The second kappa shape index (κ2) is 4.92. The van der Waals surface area contributed by atoms with Crippen molar-refractivity contribution in [1.82, 2.24) is 0 Å². The highest BCUT2D eigenvalue weighted by molar-refractivity contribution is 7.91. The summed E-state index contributed by atoms with van der Waals surface area (Å²) in [6, 6.07) is 5.77. The number of phenols is 1. The lowest BCUT2D eigenvalue weighted by atomic mass is 9.93. The second-order valence-corrected chi connectivity index (χ2v) is 6.65. The average molecular weight is 267 g/mol.